The standard InChI is InChI=1S/C24H38O/c1-17(6-8-22-15-18-7-9-23(22)16-18)14-24(25)21-12-10-19-4-2-3-5-20(19)11-13-21/h14,18-23H,2-13,15-16H2,1H3/b17-14+. The van der Waals surface area contributed by atoms with Gasteiger partial charge in [-0.05, 0) is 100 Å². The molecule has 4 aliphatic rings. The van der Waals surface area contributed by atoms with Crippen LogP contribution < -0.4 is 0 Å². The van der Waals surface area contributed by atoms with Gasteiger partial charge in [-0.3, -0.25) is 4.79 Å². The Morgan fingerprint density at radius 3 is 2.12 bits per heavy atom. The molecule has 0 N–H and O–H groups in total. The lowest BCUT2D eigenvalue weighted by Gasteiger charge is -2.29. The van der Waals surface area contributed by atoms with Gasteiger partial charge in [0.1, 0.15) is 0 Å². The zero-order valence-corrected chi connectivity index (χ0v) is 16.3. The lowest BCUT2D eigenvalue weighted by atomic mass is 9.77. The number of fused-ring (bicyclic) bond motifs is 3. The third kappa shape index (κ3) is 4.22. The summed E-state index contributed by atoms with van der Waals surface area (Å²) in [4.78, 5) is 12.8. The van der Waals surface area contributed by atoms with E-state index in [0.717, 1.165) is 48.9 Å². The molecule has 4 fully saturated rings. The number of carbonyl (C=O) groups is 1. The molecule has 0 aromatic carbocycles. The maximum absolute atomic E-state index is 12.8. The molecule has 25 heavy (non-hydrogen) atoms. The fraction of sp³-hybridized carbons (Fsp3) is 0.875. The van der Waals surface area contributed by atoms with Gasteiger partial charge >= 0.3 is 0 Å². The summed E-state index contributed by atoms with van der Waals surface area (Å²) in [5, 5.41) is 0. The third-order valence-electron chi connectivity index (χ3n) is 8.42. The molecule has 4 aliphatic carbocycles. The fourth-order valence-corrected chi connectivity index (χ4v) is 6.88. The topological polar surface area (TPSA) is 17.1 Å². The van der Waals surface area contributed by atoms with Crippen molar-refractivity contribution >= 4 is 5.78 Å². The highest BCUT2D eigenvalue weighted by Crippen LogP contribution is 2.50. The predicted octanol–water partition coefficient (Wildman–Crippen LogP) is 6.71. The first-order valence-electron chi connectivity index (χ1n) is 11.4. The van der Waals surface area contributed by atoms with Crippen molar-refractivity contribution in [1.82, 2.24) is 0 Å². The van der Waals surface area contributed by atoms with Crippen molar-refractivity contribution in [1.29, 1.82) is 0 Å². The summed E-state index contributed by atoms with van der Waals surface area (Å²) in [5.41, 5.74) is 1.36. The van der Waals surface area contributed by atoms with Crippen molar-refractivity contribution in [3.63, 3.8) is 0 Å². The van der Waals surface area contributed by atoms with Crippen LogP contribution in [-0.4, -0.2) is 5.78 Å². The van der Waals surface area contributed by atoms with E-state index < -0.39 is 0 Å². The van der Waals surface area contributed by atoms with Gasteiger partial charge in [0.2, 0.25) is 0 Å². The van der Waals surface area contributed by atoms with Gasteiger partial charge in [0.05, 0.1) is 0 Å². The molecule has 4 saturated carbocycles. The molecule has 4 rings (SSSR count). The Morgan fingerprint density at radius 1 is 0.840 bits per heavy atom. The van der Waals surface area contributed by atoms with Gasteiger partial charge in [0.25, 0.3) is 0 Å². The van der Waals surface area contributed by atoms with E-state index in [0.29, 0.717) is 11.7 Å². The van der Waals surface area contributed by atoms with Crippen molar-refractivity contribution in [3.05, 3.63) is 11.6 Å². The van der Waals surface area contributed by atoms with E-state index in [-0.39, 0.29) is 0 Å². The fourth-order valence-electron chi connectivity index (χ4n) is 6.88. The van der Waals surface area contributed by atoms with Gasteiger partial charge in [-0.15, -0.1) is 0 Å². The molecule has 0 aliphatic heterocycles. The second-order valence-electron chi connectivity index (χ2n) is 10.0. The second-order valence-corrected chi connectivity index (χ2v) is 10.0. The Hall–Kier alpha value is -0.590. The summed E-state index contributed by atoms with van der Waals surface area (Å²) in [6.07, 6.45) is 21.2. The van der Waals surface area contributed by atoms with Crippen LogP contribution in [0.25, 0.3) is 0 Å². The molecule has 0 saturated heterocycles. The maximum atomic E-state index is 12.8. The smallest absolute Gasteiger partial charge is 0.158 e. The Morgan fingerprint density at radius 2 is 1.52 bits per heavy atom. The summed E-state index contributed by atoms with van der Waals surface area (Å²) in [6.45, 7) is 2.21. The summed E-state index contributed by atoms with van der Waals surface area (Å²) in [7, 11) is 0. The molecule has 5 atom stereocenters. The minimum Gasteiger partial charge on any atom is -0.295 e. The monoisotopic (exact) mass is 342 g/mol. The van der Waals surface area contributed by atoms with E-state index in [1.807, 2.05) is 6.08 Å². The number of hydrogen-bond donors (Lipinski definition) is 0. The molecule has 0 aromatic heterocycles. The average molecular weight is 343 g/mol. The molecule has 0 radical (unpaired) electrons. The first-order chi connectivity index (χ1) is 12.2. The van der Waals surface area contributed by atoms with E-state index in [1.165, 1.54) is 76.2 Å². The van der Waals surface area contributed by atoms with Crippen LogP contribution in [0.1, 0.15) is 96.8 Å². The van der Waals surface area contributed by atoms with E-state index in [4.69, 9.17) is 0 Å². The maximum Gasteiger partial charge on any atom is 0.158 e. The molecule has 0 amide bonds. The van der Waals surface area contributed by atoms with E-state index in [9.17, 15) is 4.79 Å². The molecule has 2 bridgehead atoms. The van der Waals surface area contributed by atoms with Gasteiger partial charge < -0.3 is 0 Å². The lowest BCUT2D eigenvalue weighted by Crippen LogP contribution is -2.17. The quantitative estimate of drug-likeness (QED) is 0.507. The normalized spacial score (nSPS) is 41.4. The van der Waals surface area contributed by atoms with Crippen molar-refractivity contribution in [2.24, 2.45) is 35.5 Å². The number of rotatable bonds is 5. The molecular weight excluding hydrogens is 304 g/mol. The molecule has 5 unspecified atom stereocenters. The zero-order valence-electron chi connectivity index (χ0n) is 16.3. The molecule has 0 heterocycles. The minimum absolute atomic E-state index is 0.336. The van der Waals surface area contributed by atoms with Gasteiger partial charge in [-0.1, -0.05) is 37.7 Å². The molecular formula is C24H38O. The van der Waals surface area contributed by atoms with Gasteiger partial charge in [-0.25, -0.2) is 0 Å². The highest BCUT2D eigenvalue weighted by atomic mass is 16.1. The lowest BCUT2D eigenvalue weighted by molar-refractivity contribution is -0.118. The van der Waals surface area contributed by atoms with Crippen LogP contribution in [0.3, 0.4) is 0 Å². The van der Waals surface area contributed by atoms with Crippen LogP contribution in [0, 0.1) is 35.5 Å². The van der Waals surface area contributed by atoms with Crippen molar-refractivity contribution in [2.45, 2.75) is 96.8 Å². The molecule has 1 nitrogen and oxygen atoms in total. The Labute approximate surface area is 155 Å². The molecule has 140 valence electrons. The Kier molecular flexibility index (Phi) is 5.68. The predicted molar refractivity (Wildman–Crippen MR) is 104 cm³/mol. The van der Waals surface area contributed by atoms with Crippen LogP contribution in [0.4, 0.5) is 0 Å². The summed E-state index contributed by atoms with van der Waals surface area (Å²) in [5.74, 6) is 5.73. The Balaban J connectivity index is 1.26. The Bertz CT molecular complexity index is 488. The first-order valence-corrected chi connectivity index (χ1v) is 11.4. The second kappa shape index (κ2) is 7.97. The van der Waals surface area contributed by atoms with Crippen LogP contribution in [0.15, 0.2) is 11.6 Å². The van der Waals surface area contributed by atoms with Crippen molar-refractivity contribution < 1.29 is 4.79 Å². The van der Waals surface area contributed by atoms with E-state index in [1.54, 1.807) is 0 Å². The van der Waals surface area contributed by atoms with E-state index in [2.05, 4.69) is 6.92 Å². The summed E-state index contributed by atoms with van der Waals surface area (Å²) in [6, 6.07) is 0. The van der Waals surface area contributed by atoms with Gasteiger partial charge in [0, 0.05) is 5.92 Å². The third-order valence-corrected chi connectivity index (χ3v) is 8.42. The molecule has 1 heteroatoms. The van der Waals surface area contributed by atoms with Crippen LogP contribution >= 0.6 is 0 Å². The van der Waals surface area contributed by atoms with Crippen LogP contribution in [-0.2, 0) is 4.79 Å². The largest absolute Gasteiger partial charge is 0.295 e. The molecule has 0 aromatic rings. The van der Waals surface area contributed by atoms with Gasteiger partial charge in [-0.2, -0.15) is 0 Å². The number of hydrogen-bond acceptors (Lipinski definition) is 1. The van der Waals surface area contributed by atoms with Crippen molar-refractivity contribution in [2.75, 3.05) is 0 Å². The first kappa shape index (κ1) is 17.8. The average Bonchev–Trinajstić information content (AvgIpc) is 3.17. The number of ketones is 1. The summed E-state index contributed by atoms with van der Waals surface area (Å²) < 4.78 is 0. The van der Waals surface area contributed by atoms with Gasteiger partial charge in [0.15, 0.2) is 5.78 Å². The van der Waals surface area contributed by atoms with Crippen LogP contribution in [0.5, 0.6) is 0 Å². The molecule has 0 spiro atoms. The zero-order chi connectivity index (χ0) is 17.2. The van der Waals surface area contributed by atoms with Crippen molar-refractivity contribution in [3.8, 4) is 0 Å². The highest BCUT2D eigenvalue weighted by Gasteiger charge is 2.38. The van der Waals surface area contributed by atoms with Crippen LogP contribution in [0.2, 0.25) is 0 Å². The summed E-state index contributed by atoms with van der Waals surface area (Å²) >= 11 is 0. The highest BCUT2D eigenvalue weighted by molar-refractivity contribution is 5.92. The number of allylic oxidation sites excluding steroid dienone is 2. The number of carbonyl (C=O) groups excluding carboxylic acids is 1. The SMILES string of the molecule is C/C(=C\C(=O)C1CCC2CCCCC2CC1)CCC1CC2CCC1C2. The van der Waals surface area contributed by atoms with E-state index >= 15 is 0 Å². The minimum atomic E-state index is 0.336.